The van der Waals surface area contributed by atoms with Gasteiger partial charge in [-0.15, -0.1) is 0 Å². The largest absolute Gasteiger partial charge is 0.381 e. The quantitative estimate of drug-likeness (QED) is 0.611. The highest BCUT2D eigenvalue weighted by atomic mass is 16.5. The average molecular weight is 241 g/mol. The van der Waals surface area contributed by atoms with Crippen LogP contribution in [0.5, 0.6) is 0 Å². The Balaban J connectivity index is 2.17. The predicted octanol–water partition coefficient (Wildman–Crippen LogP) is 2.70. The lowest BCUT2D eigenvalue weighted by atomic mass is 10.1. The van der Waals surface area contributed by atoms with Crippen molar-refractivity contribution in [3.8, 4) is 0 Å². The second-order valence-electron chi connectivity index (χ2n) is 5.52. The van der Waals surface area contributed by atoms with Crippen LogP contribution in [0.4, 0.5) is 0 Å². The molecule has 1 fully saturated rings. The summed E-state index contributed by atoms with van der Waals surface area (Å²) < 4.78 is 5.60. The minimum atomic E-state index is 0.315. The highest BCUT2D eigenvalue weighted by Crippen LogP contribution is 2.19. The standard InChI is InChI=1S/C14H27NO2/c1-4-5-8-17-11-13-9-14(16)15(10-13)7-6-12(2)3/h12-13H,4-11H2,1-3H3. The maximum atomic E-state index is 11.8. The fraction of sp³-hybridized carbons (Fsp3) is 0.929. The van der Waals surface area contributed by atoms with Crippen LogP contribution in [0.25, 0.3) is 0 Å². The Hall–Kier alpha value is -0.570. The van der Waals surface area contributed by atoms with Crippen molar-refractivity contribution in [1.29, 1.82) is 0 Å². The second-order valence-corrected chi connectivity index (χ2v) is 5.52. The molecule has 0 aromatic heterocycles. The molecule has 0 aromatic carbocycles. The molecule has 0 aromatic rings. The van der Waals surface area contributed by atoms with Gasteiger partial charge in [-0.3, -0.25) is 4.79 Å². The number of rotatable bonds is 8. The van der Waals surface area contributed by atoms with Crippen LogP contribution in [0.15, 0.2) is 0 Å². The van der Waals surface area contributed by atoms with Crippen molar-refractivity contribution in [2.45, 2.75) is 46.5 Å². The van der Waals surface area contributed by atoms with Gasteiger partial charge in [0.1, 0.15) is 0 Å². The molecule has 1 amide bonds. The molecule has 0 aliphatic carbocycles. The number of carbonyl (C=O) groups excluding carboxylic acids is 1. The summed E-state index contributed by atoms with van der Waals surface area (Å²) in [4.78, 5) is 13.8. The number of unbranched alkanes of at least 4 members (excludes halogenated alkanes) is 1. The van der Waals surface area contributed by atoms with Gasteiger partial charge in [-0.25, -0.2) is 0 Å². The maximum absolute atomic E-state index is 11.8. The van der Waals surface area contributed by atoms with Gasteiger partial charge in [-0.05, 0) is 18.8 Å². The number of carbonyl (C=O) groups is 1. The molecule has 1 unspecified atom stereocenters. The Morgan fingerprint density at radius 1 is 1.47 bits per heavy atom. The highest BCUT2D eigenvalue weighted by Gasteiger charge is 2.29. The molecule has 0 bridgehead atoms. The molecule has 3 nitrogen and oxygen atoms in total. The lowest BCUT2D eigenvalue weighted by Gasteiger charge is -2.17. The molecule has 100 valence electrons. The Labute approximate surface area is 106 Å². The first kappa shape index (κ1) is 14.5. The monoisotopic (exact) mass is 241 g/mol. The topological polar surface area (TPSA) is 29.5 Å². The fourth-order valence-corrected chi connectivity index (χ4v) is 2.09. The molecule has 0 radical (unpaired) electrons. The summed E-state index contributed by atoms with van der Waals surface area (Å²) in [6.07, 6.45) is 4.08. The molecule has 3 heteroatoms. The third-order valence-corrected chi connectivity index (χ3v) is 3.27. The molecule has 1 saturated heterocycles. The van der Waals surface area contributed by atoms with Gasteiger partial charge in [0.15, 0.2) is 0 Å². The van der Waals surface area contributed by atoms with E-state index in [0.717, 1.165) is 39.1 Å². The normalized spacial score (nSPS) is 20.6. The van der Waals surface area contributed by atoms with Crippen LogP contribution in [0.2, 0.25) is 0 Å². The van der Waals surface area contributed by atoms with Crippen LogP contribution in [0.1, 0.15) is 46.5 Å². The van der Waals surface area contributed by atoms with Gasteiger partial charge in [-0.2, -0.15) is 0 Å². The Kier molecular flexibility index (Phi) is 6.56. The van der Waals surface area contributed by atoms with E-state index in [2.05, 4.69) is 20.8 Å². The molecule has 1 atom stereocenters. The zero-order valence-corrected chi connectivity index (χ0v) is 11.6. The van der Waals surface area contributed by atoms with Crippen LogP contribution in [0, 0.1) is 11.8 Å². The van der Waals surface area contributed by atoms with Gasteiger partial charge < -0.3 is 9.64 Å². The number of likely N-dealkylation sites (tertiary alicyclic amines) is 1. The molecule has 0 N–H and O–H groups in total. The summed E-state index contributed by atoms with van der Waals surface area (Å²) in [7, 11) is 0. The SMILES string of the molecule is CCCCOCC1CC(=O)N(CCC(C)C)C1. The number of ether oxygens (including phenoxy) is 1. The van der Waals surface area contributed by atoms with Gasteiger partial charge in [0.2, 0.25) is 5.91 Å². The van der Waals surface area contributed by atoms with Gasteiger partial charge in [0, 0.05) is 32.0 Å². The van der Waals surface area contributed by atoms with E-state index in [4.69, 9.17) is 4.74 Å². The Morgan fingerprint density at radius 2 is 2.24 bits per heavy atom. The number of amides is 1. The lowest BCUT2D eigenvalue weighted by Crippen LogP contribution is -2.27. The van der Waals surface area contributed by atoms with E-state index in [-0.39, 0.29) is 0 Å². The third-order valence-electron chi connectivity index (χ3n) is 3.27. The fourth-order valence-electron chi connectivity index (χ4n) is 2.09. The predicted molar refractivity (Wildman–Crippen MR) is 69.9 cm³/mol. The molecule has 0 saturated carbocycles. The number of hydrogen-bond acceptors (Lipinski definition) is 2. The summed E-state index contributed by atoms with van der Waals surface area (Å²) in [5.74, 6) is 1.41. The zero-order chi connectivity index (χ0) is 12.7. The van der Waals surface area contributed by atoms with Crippen molar-refractivity contribution in [1.82, 2.24) is 4.90 Å². The van der Waals surface area contributed by atoms with Crippen molar-refractivity contribution >= 4 is 5.91 Å². The second kappa shape index (κ2) is 7.70. The first-order valence-electron chi connectivity index (χ1n) is 6.99. The van der Waals surface area contributed by atoms with Crippen LogP contribution >= 0.6 is 0 Å². The van der Waals surface area contributed by atoms with Crippen molar-refractivity contribution in [3.05, 3.63) is 0 Å². The number of hydrogen-bond donors (Lipinski definition) is 0. The Morgan fingerprint density at radius 3 is 2.88 bits per heavy atom. The zero-order valence-electron chi connectivity index (χ0n) is 11.6. The minimum absolute atomic E-state index is 0.315. The van der Waals surface area contributed by atoms with E-state index in [1.165, 1.54) is 6.42 Å². The van der Waals surface area contributed by atoms with E-state index < -0.39 is 0 Å². The molecular weight excluding hydrogens is 214 g/mol. The van der Waals surface area contributed by atoms with E-state index in [1.54, 1.807) is 0 Å². The molecule has 1 aliphatic rings. The minimum Gasteiger partial charge on any atom is -0.381 e. The third kappa shape index (κ3) is 5.53. The smallest absolute Gasteiger partial charge is 0.223 e. The summed E-state index contributed by atoms with van der Waals surface area (Å²) in [6.45, 7) is 9.98. The van der Waals surface area contributed by atoms with Crippen LogP contribution < -0.4 is 0 Å². The first-order chi connectivity index (χ1) is 8.13. The van der Waals surface area contributed by atoms with Crippen molar-refractivity contribution in [3.63, 3.8) is 0 Å². The van der Waals surface area contributed by atoms with E-state index >= 15 is 0 Å². The number of nitrogens with zero attached hydrogens (tertiary/aromatic N) is 1. The van der Waals surface area contributed by atoms with Crippen molar-refractivity contribution in [2.24, 2.45) is 11.8 Å². The molecular formula is C14H27NO2. The van der Waals surface area contributed by atoms with Crippen molar-refractivity contribution in [2.75, 3.05) is 26.3 Å². The molecule has 1 rings (SSSR count). The van der Waals surface area contributed by atoms with Gasteiger partial charge in [-0.1, -0.05) is 27.2 Å². The van der Waals surface area contributed by atoms with Gasteiger partial charge in [0.05, 0.1) is 6.61 Å². The van der Waals surface area contributed by atoms with Crippen molar-refractivity contribution < 1.29 is 9.53 Å². The van der Waals surface area contributed by atoms with E-state index in [9.17, 15) is 4.79 Å². The van der Waals surface area contributed by atoms with Gasteiger partial charge >= 0.3 is 0 Å². The van der Waals surface area contributed by atoms with Crippen LogP contribution in [-0.2, 0) is 9.53 Å². The van der Waals surface area contributed by atoms with Gasteiger partial charge in [0.25, 0.3) is 0 Å². The lowest BCUT2D eigenvalue weighted by molar-refractivity contribution is -0.127. The summed E-state index contributed by atoms with van der Waals surface area (Å²) >= 11 is 0. The summed E-state index contributed by atoms with van der Waals surface area (Å²) in [5, 5.41) is 0. The molecule has 1 heterocycles. The summed E-state index contributed by atoms with van der Waals surface area (Å²) in [6, 6.07) is 0. The van der Waals surface area contributed by atoms with E-state index in [0.29, 0.717) is 24.2 Å². The highest BCUT2D eigenvalue weighted by molar-refractivity contribution is 5.78. The summed E-state index contributed by atoms with van der Waals surface area (Å²) in [5.41, 5.74) is 0. The molecule has 17 heavy (non-hydrogen) atoms. The maximum Gasteiger partial charge on any atom is 0.223 e. The molecule has 0 spiro atoms. The first-order valence-corrected chi connectivity index (χ1v) is 6.99. The van der Waals surface area contributed by atoms with Crippen LogP contribution in [0.3, 0.4) is 0 Å². The van der Waals surface area contributed by atoms with Crippen LogP contribution in [-0.4, -0.2) is 37.1 Å². The van der Waals surface area contributed by atoms with E-state index in [1.807, 2.05) is 4.90 Å². The average Bonchev–Trinajstić information content (AvgIpc) is 2.63. The Bertz CT molecular complexity index is 228. The molecule has 1 aliphatic heterocycles.